The van der Waals surface area contributed by atoms with E-state index in [2.05, 4.69) is 12.1 Å². The normalized spacial score (nSPS) is 11.8. The molecule has 0 aliphatic rings. The lowest BCUT2D eigenvalue weighted by molar-refractivity contribution is 0.445. The fourth-order valence-electron chi connectivity index (χ4n) is 2.16. The Bertz CT molecular complexity index is 678. The Hall–Kier alpha value is -1.30. The maximum atomic E-state index is 12.4. The predicted octanol–water partition coefficient (Wildman–Crippen LogP) is 4.01. The van der Waals surface area contributed by atoms with E-state index in [1.165, 1.54) is 9.87 Å². The summed E-state index contributed by atoms with van der Waals surface area (Å²) in [6.45, 7) is 4.68. The van der Waals surface area contributed by atoms with Crippen molar-refractivity contribution < 1.29 is 8.42 Å². The summed E-state index contributed by atoms with van der Waals surface area (Å²) in [4.78, 5) is 1.43. The molecule has 0 saturated heterocycles. The van der Waals surface area contributed by atoms with Gasteiger partial charge in [0, 0.05) is 23.7 Å². The maximum absolute atomic E-state index is 12.4. The van der Waals surface area contributed by atoms with Crippen LogP contribution in [0.15, 0.2) is 64.4 Å². The summed E-state index contributed by atoms with van der Waals surface area (Å²) in [5.74, 6) is 0.878. The molecular formula is C17H21NO2S2. The molecule has 2 aromatic rings. The Labute approximate surface area is 137 Å². The Morgan fingerprint density at radius 3 is 2.05 bits per heavy atom. The lowest BCUT2D eigenvalue weighted by Gasteiger charge is -2.18. The van der Waals surface area contributed by atoms with E-state index in [1.807, 2.05) is 44.2 Å². The van der Waals surface area contributed by atoms with E-state index >= 15 is 0 Å². The van der Waals surface area contributed by atoms with E-state index in [1.54, 1.807) is 23.9 Å². The van der Waals surface area contributed by atoms with Crippen LogP contribution in [0.3, 0.4) is 0 Å². The van der Waals surface area contributed by atoms with Crippen molar-refractivity contribution in [2.24, 2.45) is 0 Å². The highest BCUT2D eigenvalue weighted by Crippen LogP contribution is 2.25. The zero-order valence-corrected chi connectivity index (χ0v) is 14.5. The fraction of sp³-hybridized carbons (Fsp3) is 0.294. The minimum absolute atomic E-state index is 0.361. The van der Waals surface area contributed by atoms with Gasteiger partial charge in [-0.25, -0.2) is 8.42 Å². The largest absolute Gasteiger partial charge is 0.243 e. The van der Waals surface area contributed by atoms with Crippen LogP contribution in [0.2, 0.25) is 0 Å². The van der Waals surface area contributed by atoms with Crippen LogP contribution in [0.25, 0.3) is 0 Å². The van der Waals surface area contributed by atoms with Crippen molar-refractivity contribution in [3.05, 3.63) is 60.2 Å². The second-order valence-electron chi connectivity index (χ2n) is 4.84. The third-order valence-corrected chi connectivity index (χ3v) is 6.56. The summed E-state index contributed by atoms with van der Waals surface area (Å²) in [5.41, 5.74) is 1.26. The van der Waals surface area contributed by atoms with Crippen molar-refractivity contribution in [2.75, 3.05) is 13.1 Å². The van der Waals surface area contributed by atoms with Crippen molar-refractivity contribution in [3.8, 4) is 0 Å². The topological polar surface area (TPSA) is 37.4 Å². The maximum Gasteiger partial charge on any atom is 0.243 e. The number of hydrogen-bond donors (Lipinski definition) is 0. The van der Waals surface area contributed by atoms with Crippen molar-refractivity contribution in [1.29, 1.82) is 0 Å². The summed E-state index contributed by atoms with van der Waals surface area (Å²) in [7, 11) is -3.36. The van der Waals surface area contributed by atoms with Gasteiger partial charge in [0.05, 0.1) is 4.90 Å². The third kappa shape index (κ3) is 4.12. The van der Waals surface area contributed by atoms with Gasteiger partial charge < -0.3 is 0 Å². The Kier molecular flexibility index (Phi) is 6.06. The quantitative estimate of drug-likeness (QED) is 0.718. The number of sulfonamides is 1. The molecule has 5 heteroatoms. The van der Waals surface area contributed by atoms with E-state index in [4.69, 9.17) is 0 Å². The molecule has 0 atom stereocenters. The van der Waals surface area contributed by atoms with Crippen LogP contribution in [0.5, 0.6) is 0 Å². The second kappa shape index (κ2) is 7.81. The highest BCUT2D eigenvalue weighted by molar-refractivity contribution is 7.98. The van der Waals surface area contributed by atoms with Gasteiger partial charge >= 0.3 is 0 Å². The molecule has 2 aromatic carbocycles. The van der Waals surface area contributed by atoms with E-state index in [9.17, 15) is 8.42 Å². The molecule has 0 heterocycles. The van der Waals surface area contributed by atoms with E-state index in [-0.39, 0.29) is 0 Å². The lowest BCUT2D eigenvalue weighted by Crippen LogP contribution is -2.30. The van der Waals surface area contributed by atoms with Gasteiger partial charge in [0.2, 0.25) is 10.0 Å². The smallest absolute Gasteiger partial charge is 0.207 e. The molecule has 0 saturated carbocycles. The molecule has 118 valence electrons. The molecular weight excluding hydrogens is 314 g/mol. The molecule has 0 amide bonds. The van der Waals surface area contributed by atoms with Crippen LogP contribution < -0.4 is 0 Å². The first-order chi connectivity index (χ1) is 10.6. The Balaban J connectivity index is 2.07. The summed E-state index contributed by atoms with van der Waals surface area (Å²) in [5, 5.41) is 0. The van der Waals surface area contributed by atoms with Gasteiger partial charge in [0.1, 0.15) is 0 Å². The highest BCUT2D eigenvalue weighted by atomic mass is 32.2. The van der Waals surface area contributed by atoms with Crippen molar-refractivity contribution in [2.45, 2.75) is 29.4 Å². The molecule has 0 radical (unpaired) electrons. The number of hydrogen-bond acceptors (Lipinski definition) is 3. The van der Waals surface area contributed by atoms with Gasteiger partial charge in [-0.2, -0.15) is 4.31 Å². The van der Waals surface area contributed by atoms with Gasteiger partial charge in [-0.1, -0.05) is 44.2 Å². The zero-order valence-electron chi connectivity index (χ0n) is 12.9. The zero-order chi connectivity index (χ0) is 16.0. The van der Waals surface area contributed by atoms with Gasteiger partial charge in [-0.15, -0.1) is 11.8 Å². The summed E-state index contributed by atoms with van der Waals surface area (Å²) in [6, 6.07) is 17.4. The Morgan fingerprint density at radius 1 is 0.909 bits per heavy atom. The molecule has 0 bridgehead atoms. The molecule has 22 heavy (non-hydrogen) atoms. The molecule has 2 rings (SSSR count). The molecule has 0 unspecified atom stereocenters. The number of benzene rings is 2. The summed E-state index contributed by atoms with van der Waals surface area (Å²) >= 11 is 1.70. The van der Waals surface area contributed by atoms with Crippen LogP contribution in [-0.2, 0) is 15.8 Å². The lowest BCUT2D eigenvalue weighted by atomic mass is 10.2. The number of nitrogens with zero attached hydrogens (tertiary/aromatic N) is 1. The average molecular weight is 335 g/mol. The molecule has 0 spiro atoms. The first-order valence-electron chi connectivity index (χ1n) is 7.35. The molecule has 0 N–H and O–H groups in total. The number of thioether (sulfide) groups is 1. The van der Waals surface area contributed by atoms with Crippen LogP contribution >= 0.6 is 11.8 Å². The Morgan fingerprint density at radius 2 is 1.50 bits per heavy atom. The molecule has 3 nitrogen and oxygen atoms in total. The minimum atomic E-state index is -3.36. The first kappa shape index (κ1) is 17.1. The first-order valence-corrected chi connectivity index (χ1v) is 9.77. The fourth-order valence-corrected chi connectivity index (χ4v) is 4.47. The predicted molar refractivity (Wildman–Crippen MR) is 92.6 cm³/mol. The average Bonchev–Trinajstić information content (AvgIpc) is 2.55. The standard InChI is InChI=1S/C17H21NO2S2/c1-3-18(4-2)22(19,20)17-12-10-16(11-13-17)21-14-15-8-6-5-7-9-15/h5-13H,3-4,14H2,1-2H3. The van der Waals surface area contributed by atoms with E-state index < -0.39 is 10.0 Å². The second-order valence-corrected chi connectivity index (χ2v) is 7.82. The monoisotopic (exact) mass is 335 g/mol. The van der Waals surface area contributed by atoms with Crippen LogP contribution in [0, 0.1) is 0 Å². The number of rotatable bonds is 7. The third-order valence-electron chi connectivity index (χ3n) is 3.42. The van der Waals surface area contributed by atoms with Gasteiger partial charge in [-0.3, -0.25) is 0 Å². The van der Waals surface area contributed by atoms with Gasteiger partial charge in [0.25, 0.3) is 0 Å². The minimum Gasteiger partial charge on any atom is -0.207 e. The molecule has 0 aliphatic heterocycles. The van der Waals surface area contributed by atoms with Crippen LogP contribution in [0.1, 0.15) is 19.4 Å². The van der Waals surface area contributed by atoms with Gasteiger partial charge in [0.15, 0.2) is 0 Å². The van der Waals surface area contributed by atoms with Crippen molar-refractivity contribution in [3.63, 3.8) is 0 Å². The van der Waals surface area contributed by atoms with E-state index in [0.29, 0.717) is 18.0 Å². The summed E-state index contributed by atoms with van der Waals surface area (Å²) < 4.78 is 26.3. The van der Waals surface area contributed by atoms with Crippen molar-refractivity contribution in [1.82, 2.24) is 4.31 Å². The molecule has 0 fully saturated rings. The molecule has 0 aromatic heterocycles. The highest BCUT2D eigenvalue weighted by Gasteiger charge is 2.21. The van der Waals surface area contributed by atoms with Crippen LogP contribution in [-0.4, -0.2) is 25.8 Å². The van der Waals surface area contributed by atoms with Crippen LogP contribution in [0.4, 0.5) is 0 Å². The van der Waals surface area contributed by atoms with Gasteiger partial charge in [-0.05, 0) is 29.8 Å². The molecule has 0 aliphatic carbocycles. The van der Waals surface area contributed by atoms with E-state index in [0.717, 1.165) is 10.6 Å². The SMILES string of the molecule is CCN(CC)S(=O)(=O)c1ccc(SCc2ccccc2)cc1. The van der Waals surface area contributed by atoms with Crippen molar-refractivity contribution >= 4 is 21.8 Å². The summed E-state index contributed by atoms with van der Waals surface area (Å²) in [6.07, 6.45) is 0.